The van der Waals surface area contributed by atoms with Gasteiger partial charge in [0.25, 0.3) is 5.91 Å². The second kappa shape index (κ2) is 7.04. The molecule has 4 amide bonds. The van der Waals surface area contributed by atoms with Crippen molar-refractivity contribution < 1.29 is 18.8 Å². The highest BCUT2D eigenvalue weighted by Gasteiger charge is 2.40. The SMILES string of the molecule is O=C1NC(=O)N(c2ccc(F)cc2)C(=O)[C@@H]1C=NCc1ccccc1. The van der Waals surface area contributed by atoms with E-state index in [1.54, 1.807) is 0 Å². The van der Waals surface area contributed by atoms with Gasteiger partial charge in [-0.1, -0.05) is 30.3 Å². The largest absolute Gasteiger partial charge is 0.335 e. The first-order chi connectivity index (χ1) is 12.1. The van der Waals surface area contributed by atoms with Gasteiger partial charge in [-0.2, -0.15) is 0 Å². The summed E-state index contributed by atoms with van der Waals surface area (Å²) in [4.78, 5) is 41.4. The van der Waals surface area contributed by atoms with Gasteiger partial charge in [0.2, 0.25) is 5.91 Å². The quantitative estimate of drug-likeness (QED) is 0.686. The lowest BCUT2D eigenvalue weighted by Crippen LogP contribution is -2.58. The highest BCUT2D eigenvalue weighted by molar-refractivity contribution is 6.32. The van der Waals surface area contributed by atoms with Crippen molar-refractivity contribution >= 4 is 29.7 Å². The average Bonchev–Trinajstić information content (AvgIpc) is 2.60. The van der Waals surface area contributed by atoms with Gasteiger partial charge < -0.3 is 0 Å². The van der Waals surface area contributed by atoms with Crippen molar-refractivity contribution in [1.29, 1.82) is 0 Å². The van der Waals surface area contributed by atoms with Crippen LogP contribution < -0.4 is 10.2 Å². The summed E-state index contributed by atoms with van der Waals surface area (Å²) in [7, 11) is 0. The number of urea groups is 1. The average molecular weight is 339 g/mol. The van der Waals surface area contributed by atoms with Crippen LogP contribution >= 0.6 is 0 Å². The lowest BCUT2D eigenvalue weighted by molar-refractivity contribution is -0.131. The van der Waals surface area contributed by atoms with Crippen molar-refractivity contribution in [1.82, 2.24) is 5.32 Å². The Kier molecular flexibility index (Phi) is 4.65. The van der Waals surface area contributed by atoms with Crippen molar-refractivity contribution in [3.8, 4) is 0 Å². The molecule has 1 heterocycles. The Balaban J connectivity index is 1.79. The van der Waals surface area contributed by atoms with E-state index in [4.69, 9.17) is 0 Å². The van der Waals surface area contributed by atoms with E-state index in [0.29, 0.717) is 6.54 Å². The monoisotopic (exact) mass is 339 g/mol. The van der Waals surface area contributed by atoms with E-state index in [1.807, 2.05) is 30.3 Å². The Labute approximate surface area is 143 Å². The van der Waals surface area contributed by atoms with Gasteiger partial charge in [-0.05, 0) is 29.8 Å². The second-order valence-electron chi connectivity index (χ2n) is 5.40. The molecular formula is C18H14FN3O3. The van der Waals surface area contributed by atoms with Crippen LogP contribution in [-0.4, -0.2) is 24.1 Å². The molecule has 3 rings (SSSR count). The Hall–Kier alpha value is -3.35. The summed E-state index contributed by atoms with van der Waals surface area (Å²) in [5.41, 5.74) is 1.10. The Morgan fingerprint density at radius 1 is 1.04 bits per heavy atom. The molecule has 1 N–H and O–H groups in total. The molecule has 25 heavy (non-hydrogen) atoms. The van der Waals surface area contributed by atoms with Crippen molar-refractivity contribution in [3.63, 3.8) is 0 Å². The standard InChI is InChI=1S/C18H14FN3O3/c19-13-6-8-14(9-7-13)22-17(24)15(16(23)21-18(22)25)11-20-10-12-4-2-1-3-5-12/h1-9,11,15H,10H2,(H,21,23,25)/t15-/m1/s1. The van der Waals surface area contributed by atoms with Crippen LogP contribution in [0.5, 0.6) is 0 Å². The zero-order valence-electron chi connectivity index (χ0n) is 13.1. The predicted molar refractivity (Wildman–Crippen MR) is 89.6 cm³/mol. The molecule has 0 spiro atoms. The lowest BCUT2D eigenvalue weighted by atomic mass is 10.1. The molecule has 1 aliphatic heterocycles. The molecular weight excluding hydrogens is 325 g/mol. The molecule has 0 unspecified atom stereocenters. The number of carbonyl (C=O) groups is 3. The normalized spacial score (nSPS) is 17.9. The highest BCUT2D eigenvalue weighted by atomic mass is 19.1. The van der Waals surface area contributed by atoms with Gasteiger partial charge >= 0.3 is 6.03 Å². The summed E-state index contributed by atoms with van der Waals surface area (Å²) in [5, 5.41) is 2.11. The zero-order valence-corrected chi connectivity index (χ0v) is 13.1. The number of aliphatic imine (C=N–C) groups is 1. The number of barbiturate groups is 1. The minimum absolute atomic E-state index is 0.179. The Bertz CT molecular complexity index is 834. The molecule has 1 atom stereocenters. The maximum absolute atomic E-state index is 13.0. The molecule has 1 fully saturated rings. The van der Waals surface area contributed by atoms with Crippen LogP contribution in [0.3, 0.4) is 0 Å². The van der Waals surface area contributed by atoms with Crippen molar-refractivity contribution in [2.24, 2.45) is 10.9 Å². The van der Waals surface area contributed by atoms with Gasteiger partial charge in [-0.25, -0.2) is 14.1 Å². The number of nitrogens with zero attached hydrogens (tertiary/aromatic N) is 2. The van der Waals surface area contributed by atoms with Crippen LogP contribution in [0.4, 0.5) is 14.9 Å². The summed E-state index contributed by atoms with van der Waals surface area (Å²) in [5.74, 6) is -3.17. The van der Waals surface area contributed by atoms with Gasteiger partial charge in [0, 0.05) is 6.21 Å². The number of hydrogen-bond donors (Lipinski definition) is 1. The van der Waals surface area contributed by atoms with Gasteiger partial charge in [0.05, 0.1) is 12.2 Å². The van der Waals surface area contributed by atoms with Crippen LogP contribution in [0.15, 0.2) is 59.6 Å². The number of benzene rings is 2. The molecule has 6 nitrogen and oxygen atoms in total. The smallest absolute Gasteiger partial charge is 0.291 e. The number of halogens is 1. The lowest BCUT2D eigenvalue weighted by Gasteiger charge is -2.28. The summed E-state index contributed by atoms with van der Waals surface area (Å²) in [6.45, 7) is 0.308. The highest BCUT2D eigenvalue weighted by Crippen LogP contribution is 2.20. The minimum Gasteiger partial charge on any atom is -0.291 e. The molecule has 0 bridgehead atoms. The molecule has 0 radical (unpaired) electrons. The maximum Gasteiger partial charge on any atom is 0.335 e. The van der Waals surface area contributed by atoms with Crippen LogP contribution in [0.1, 0.15) is 5.56 Å². The van der Waals surface area contributed by atoms with Crippen LogP contribution in [0, 0.1) is 11.7 Å². The van der Waals surface area contributed by atoms with Crippen LogP contribution in [0.25, 0.3) is 0 Å². The zero-order chi connectivity index (χ0) is 17.8. The molecule has 0 aromatic heterocycles. The number of nitrogens with one attached hydrogen (secondary N) is 1. The summed E-state index contributed by atoms with van der Waals surface area (Å²) >= 11 is 0. The fourth-order valence-electron chi connectivity index (χ4n) is 2.40. The molecule has 7 heteroatoms. The number of imide groups is 2. The van der Waals surface area contributed by atoms with Crippen LogP contribution in [-0.2, 0) is 16.1 Å². The molecule has 2 aromatic rings. The van der Waals surface area contributed by atoms with Gasteiger partial charge in [-0.3, -0.25) is 19.9 Å². The number of hydrogen-bond acceptors (Lipinski definition) is 4. The number of carbonyl (C=O) groups excluding carboxylic acids is 3. The summed E-state index contributed by atoms with van der Waals surface area (Å²) in [6, 6.07) is 13.3. The van der Waals surface area contributed by atoms with Crippen molar-refractivity contribution in [2.45, 2.75) is 6.54 Å². The van der Waals surface area contributed by atoms with Crippen LogP contribution in [0.2, 0.25) is 0 Å². The van der Waals surface area contributed by atoms with E-state index in [-0.39, 0.29) is 5.69 Å². The first kappa shape index (κ1) is 16.5. The van der Waals surface area contributed by atoms with E-state index < -0.39 is 29.6 Å². The van der Waals surface area contributed by atoms with Gasteiger partial charge in [0.15, 0.2) is 5.92 Å². The van der Waals surface area contributed by atoms with E-state index in [9.17, 15) is 18.8 Å². The van der Waals surface area contributed by atoms with E-state index in [0.717, 1.165) is 22.6 Å². The second-order valence-corrected chi connectivity index (χ2v) is 5.40. The fourth-order valence-corrected chi connectivity index (χ4v) is 2.40. The van der Waals surface area contributed by atoms with E-state index in [2.05, 4.69) is 10.3 Å². The van der Waals surface area contributed by atoms with E-state index >= 15 is 0 Å². The third kappa shape index (κ3) is 3.60. The van der Waals surface area contributed by atoms with Crippen molar-refractivity contribution in [3.05, 3.63) is 66.0 Å². The third-order valence-electron chi connectivity index (χ3n) is 3.66. The first-order valence-electron chi connectivity index (χ1n) is 7.54. The minimum atomic E-state index is -1.22. The van der Waals surface area contributed by atoms with Gasteiger partial charge in [0.1, 0.15) is 5.82 Å². The summed E-state index contributed by atoms with van der Waals surface area (Å²) in [6.07, 6.45) is 1.23. The number of anilines is 1. The topological polar surface area (TPSA) is 78.8 Å². The maximum atomic E-state index is 13.0. The summed E-state index contributed by atoms with van der Waals surface area (Å²) < 4.78 is 13.0. The Morgan fingerprint density at radius 2 is 1.72 bits per heavy atom. The molecule has 0 aliphatic carbocycles. The molecule has 126 valence electrons. The fraction of sp³-hybridized carbons (Fsp3) is 0.111. The molecule has 0 saturated carbocycles. The molecule has 1 aliphatic rings. The molecule has 1 saturated heterocycles. The van der Waals surface area contributed by atoms with Gasteiger partial charge in [-0.15, -0.1) is 0 Å². The Morgan fingerprint density at radius 3 is 2.40 bits per heavy atom. The number of rotatable bonds is 4. The molecule has 2 aromatic carbocycles. The third-order valence-corrected chi connectivity index (χ3v) is 3.66. The first-order valence-corrected chi connectivity index (χ1v) is 7.54. The number of amides is 4. The van der Waals surface area contributed by atoms with Crippen molar-refractivity contribution in [2.75, 3.05) is 4.90 Å². The predicted octanol–water partition coefficient (Wildman–Crippen LogP) is 2.30. The van der Waals surface area contributed by atoms with E-state index in [1.165, 1.54) is 18.3 Å².